The van der Waals surface area contributed by atoms with Crippen LogP contribution in [0.25, 0.3) is 0 Å². The van der Waals surface area contributed by atoms with Gasteiger partial charge in [0.05, 0.1) is 25.8 Å². The summed E-state index contributed by atoms with van der Waals surface area (Å²) in [6, 6.07) is 10.0. The van der Waals surface area contributed by atoms with Crippen molar-refractivity contribution in [2.45, 2.75) is 96.0 Å². The van der Waals surface area contributed by atoms with E-state index in [1.165, 1.54) is 5.56 Å². The topological polar surface area (TPSA) is 87.0 Å². The molecule has 0 radical (unpaired) electrons. The highest BCUT2D eigenvalue weighted by Gasteiger charge is 2.40. The maximum atomic E-state index is 11.8. The minimum Gasteiger partial charge on any atom is -0.463 e. The number of aryl methyl sites for hydroxylation is 1. The molecule has 1 saturated carbocycles. The van der Waals surface area contributed by atoms with Gasteiger partial charge in [0.2, 0.25) is 0 Å². The molecule has 5 nitrogen and oxygen atoms in total. The number of aliphatic hydroxyl groups excluding tert-OH is 3. The second kappa shape index (κ2) is 13.7. The quantitative estimate of drug-likeness (QED) is 0.245. The van der Waals surface area contributed by atoms with E-state index in [2.05, 4.69) is 0 Å². The molecule has 31 heavy (non-hydrogen) atoms. The van der Waals surface area contributed by atoms with E-state index in [0.29, 0.717) is 44.9 Å². The summed E-state index contributed by atoms with van der Waals surface area (Å²) >= 11 is 0. The molecule has 0 heterocycles. The number of ether oxygens (including phenoxy) is 1. The molecule has 1 aromatic rings. The third-order valence-corrected chi connectivity index (χ3v) is 6.06. The molecule has 3 N–H and O–H groups in total. The van der Waals surface area contributed by atoms with Gasteiger partial charge in [0.25, 0.3) is 0 Å². The van der Waals surface area contributed by atoms with Crippen molar-refractivity contribution in [3.05, 3.63) is 48.0 Å². The lowest BCUT2D eigenvalue weighted by molar-refractivity contribution is -0.147. The second-order valence-electron chi connectivity index (χ2n) is 8.58. The average molecular weight is 437 g/mol. The normalized spacial score (nSPS) is 28.9. The Balaban J connectivity index is 1.71. The summed E-state index contributed by atoms with van der Waals surface area (Å²) in [4.78, 5) is 11.8. The Labute approximate surface area is 192 Å². The van der Waals surface area contributed by atoms with Crippen molar-refractivity contribution in [1.29, 1.82) is 0 Å². The maximum Gasteiger partial charge on any atom is 0.306 e. The number of aliphatic hydroxyl groups is 3. The number of hydrogen-bond acceptors (Lipinski definition) is 5. The molecule has 0 aliphatic heterocycles. The molecule has 1 unspecified atom stereocenters. The summed E-state index contributed by atoms with van der Waals surface area (Å²) in [5, 5.41) is 31.2. The monoisotopic (exact) mass is 436 g/mol. The summed E-state index contributed by atoms with van der Waals surface area (Å²) in [6.07, 6.45) is 4.62. The van der Waals surface area contributed by atoms with E-state index in [0.717, 1.165) is 13.3 Å². The van der Waals surface area contributed by atoms with Crippen LogP contribution in [0.15, 0.2) is 42.5 Å². The lowest BCUT2D eigenvalue weighted by Gasteiger charge is -2.23. The van der Waals surface area contributed by atoms with Crippen LogP contribution < -0.4 is 0 Å². The SMILES string of the molecule is [2H]C([2H])([2H])C([2H])(C)OC(=O)CCCC=CC[C@@H]1[C@@H](CC[C@@H](O)CCc2ccccc2)[C@H](O)C[C@@H]1O. The van der Waals surface area contributed by atoms with Gasteiger partial charge in [0, 0.05) is 10.5 Å². The minimum absolute atomic E-state index is 0.0170. The molecular weight excluding hydrogens is 392 g/mol. The number of hydrogen-bond donors (Lipinski definition) is 3. The van der Waals surface area contributed by atoms with Gasteiger partial charge < -0.3 is 20.1 Å². The van der Waals surface area contributed by atoms with Crippen LogP contribution in [-0.2, 0) is 16.0 Å². The van der Waals surface area contributed by atoms with Gasteiger partial charge in [-0.25, -0.2) is 0 Å². The number of unbranched alkanes of at least 4 members (excludes halogenated alkanes) is 1. The van der Waals surface area contributed by atoms with Gasteiger partial charge in [0.15, 0.2) is 0 Å². The van der Waals surface area contributed by atoms with Crippen LogP contribution in [-0.4, -0.2) is 45.7 Å². The molecule has 0 spiro atoms. The molecule has 0 saturated heterocycles. The zero-order chi connectivity index (χ0) is 26.1. The van der Waals surface area contributed by atoms with E-state index in [9.17, 15) is 20.1 Å². The van der Waals surface area contributed by atoms with Gasteiger partial charge in [-0.05, 0) is 82.5 Å². The van der Waals surface area contributed by atoms with E-state index in [4.69, 9.17) is 10.2 Å². The number of rotatable bonds is 13. The first-order valence-electron chi connectivity index (χ1n) is 13.4. The lowest BCUT2D eigenvalue weighted by atomic mass is 9.85. The van der Waals surface area contributed by atoms with Crippen LogP contribution in [0.2, 0.25) is 0 Å². The van der Waals surface area contributed by atoms with Crippen LogP contribution in [0.1, 0.15) is 76.2 Å². The van der Waals surface area contributed by atoms with Crippen molar-refractivity contribution in [2.24, 2.45) is 11.8 Å². The molecule has 0 amide bonds. The third kappa shape index (κ3) is 9.55. The number of carbonyl (C=O) groups is 1. The van der Waals surface area contributed by atoms with Crippen LogP contribution in [0.4, 0.5) is 0 Å². The molecule has 1 aromatic carbocycles. The first-order valence-corrected chi connectivity index (χ1v) is 11.4. The van der Waals surface area contributed by atoms with Gasteiger partial charge >= 0.3 is 5.97 Å². The van der Waals surface area contributed by atoms with Crippen molar-refractivity contribution >= 4 is 5.97 Å². The Morgan fingerprint density at radius 1 is 1.23 bits per heavy atom. The molecule has 0 aromatic heterocycles. The smallest absolute Gasteiger partial charge is 0.306 e. The standard InChI is InChI=1S/C26H40O5/c1-19(2)31-26(30)13-9-4-3-8-12-22-23(25(29)18-24(22)28)17-16-21(27)15-14-20-10-6-5-7-11-20/h3,5-8,10-11,19,21-25,27-29H,4,9,12-18H2,1-2H3/t21-,22+,23+,24-,25+/m0/s1/i1D3,19D/t19?,21-,22+,23+,24-,25+. The molecule has 5 heteroatoms. The number of benzene rings is 1. The van der Waals surface area contributed by atoms with Gasteiger partial charge in [-0.15, -0.1) is 0 Å². The fourth-order valence-electron chi connectivity index (χ4n) is 4.37. The highest BCUT2D eigenvalue weighted by atomic mass is 16.5. The molecule has 1 aliphatic rings. The van der Waals surface area contributed by atoms with Gasteiger partial charge in [0.1, 0.15) is 0 Å². The molecular formula is C26H40O5. The summed E-state index contributed by atoms with van der Waals surface area (Å²) in [7, 11) is 0. The molecule has 2 rings (SSSR count). The Morgan fingerprint density at radius 3 is 2.71 bits per heavy atom. The number of carbonyl (C=O) groups excluding carboxylic acids is 1. The fraction of sp³-hybridized carbons (Fsp3) is 0.654. The third-order valence-electron chi connectivity index (χ3n) is 6.06. The van der Waals surface area contributed by atoms with Gasteiger partial charge in [-0.2, -0.15) is 0 Å². The molecule has 174 valence electrons. The largest absolute Gasteiger partial charge is 0.463 e. The van der Waals surface area contributed by atoms with Crippen molar-refractivity contribution in [3.63, 3.8) is 0 Å². The van der Waals surface area contributed by atoms with E-state index in [-0.39, 0.29) is 18.3 Å². The van der Waals surface area contributed by atoms with E-state index in [1.54, 1.807) is 0 Å². The zero-order valence-electron chi connectivity index (χ0n) is 22.5. The zero-order valence-corrected chi connectivity index (χ0v) is 18.5. The van der Waals surface area contributed by atoms with Gasteiger partial charge in [-0.1, -0.05) is 42.5 Å². The molecule has 1 aliphatic carbocycles. The highest BCUT2D eigenvalue weighted by molar-refractivity contribution is 5.69. The summed E-state index contributed by atoms with van der Waals surface area (Å²) in [5.74, 6) is -0.881. The van der Waals surface area contributed by atoms with Crippen LogP contribution in [0, 0.1) is 11.8 Å². The number of esters is 1. The van der Waals surface area contributed by atoms with Crippen LogP contribution >= 0.6 is 0 Å². The van der Waals surface area contributed by atoms with Crippen molar-refractivity contribution < 1.29 is 30.3 Å². The second-order valence-corrected chi connectivity index (χ2v) is 8.58. The Morgan fingerprint density at radius 2 is 1.97 bits per heavy atom. The van der Waals surface area contributed by atoms with E-state index >= 15 is 0 Å². The molecule has 6 atom stereocenters. The maximum absolute atomic E-state index is 11.8. The Bertz CT molecular complexity index is 797. The molecule has 0 bridgehead atoms. The average Bonchev–Trinajstić information content (AvgIpc) is 3.04. The predicted octanol–water partition coefficient (Wildman–Crippen LogP) is 4.19. The van der Waals surface area contributed by atoms with Crippen molar-refractivity contribution in [2.75, 3.05) is 0 Å². The first kappa shape index (κ1) is 20.0. The molecule has 1 fully saturated rings. The lowest BCUT2D eigenvalue weighted by Crippen LogP contribution is -2.23. The van der Waals surface area contributed by atoms with Crippen LogP contribution in [0.3, 0.4) is 0 Å². The van der Waals surface area contributed by atoms with Crippen molar-refractivity contribution in [3.8, 4) is 0 Å². The Kier molecular flexibility index (Phi) is 8.80. The summed E-state index contributed by atoms with van der Waals surface area (Å²) < 4.78 is 34.1. The highest BCUT2D eigenvalue weighted by Crippen LogP contribution is 2.38. The summed E-state index contributed by atoms with van der Waals surface area (Å²) in [5.41, 5.74) is 1.19. The van der Waals surface area contributed by atoms with E-state index in [1.807, 2.05) is 42.5 Å². The van der Waals surface area contributed by atoms with Crippen molar-refractivity contribution in [1.82, 2.24) is 0 Å². The van der Waals surface area contributed by atoms with Crippen LogP contribution in [0.5, 0.6) is 0 Å². The minimum atomic E-state index is -2.70. The predicted molar refractivity (Wildman–Crippen MR) is 122 cm³/mol. The first-order chi connectivity index (χ1) is 16.4. The number of allylic oxidation sites excluding steroid dienone is 2. The van der Waals surface area contributed by atoms with E-state index < -0.39 is 37.2 Å². The fourth-order valence-corrected chi connectivity index (χ4v) is 4.37. The van der Waals surface area contributed by atoms with Gasteiger partial charge in [-0.3, -0.25) is 4.79 Å². The Hall–Kier alpha value is -1.69. The summed E-state index contributed by atoms with van der Waals surface area (Å²) in [6.45, 7) is -1.65.